The number of nitriles is 1. The quantitative estimate of drug-likeness (QED) is 0.537. The molecular weight excluding hydrogens is 497 g/mol. The van der Waals surface area contributed by atoms with E-state index < -0.39 is 17.1 Å². The molecule has 11 heteroatoms. The molecule has 37 heavy (non-hydrogen) atoms. The van der Waals surface area contributed by atoms with Gasteiger partial charge in [0.05, 0.1) is 64.8 Å². The molecule has 0 aromatic carbocycles. The molecule has 0 spiro atoms. The largest absolute Gasteiger partial charge is 0.379 e. The van der Waals surface area contributed by atoms with E-state index in [1.165, 1.54) is 17.1 Å². The lowest BCUT2D eigenvalue weighted by Gasteiger charge is -2.41. The maximum atomic E-state index is 14.3. The lowest BCUT2D eigenvalue weighted by Crippen LogP contribution is -2.47. The molecule has 1 saturated heterocycles. The summed E-state index contributed by atoms with van der Waals surface area (Å²) in [5, 5.41) is 17.2. The van der Waals surface area contributed by atoms with Crippen LogP contribution in [0.2, 0.25) is 5.02 Å². The molecule has 0 bridgehead atoms. The fourth-order valence-corrected chi connectivity index (χ4v) is 5.33. The Morgan fingerprint density at radius 3 is 2.62 bits per heavy atom. The number of carbonyl (C=O) groups is 1. The van der Waals surface area contributed by atoms with Crippen LogP contribution >= 0.6 is 11.6 Å². The molecule has 1 aliphatic carbocycles. The molecule has 1 N–H and O–H groups in total. The van der Waals surface area contributed by atoms with Crippen LogP contribution in [0.25, 0.3) is 5.82 Å². The van der Waals surface area contributed by atoms with Gasteiger partial charge in [-0.1, -0.05) is 11.6 Å². The Hall–Kier alpha value is -3.39. The number of hydrogen-bond donors (Lipinski definition) is 1. The number of anilines is 1. The number of halogens is 2. The molecule has 1 aliphatic heterocycles. The molecule has 9 nitrogen and oxygen atoms in total. The Morgan fingerprint density at radius 1 is 1.22 bits per heavy atom. The smallest absolute Gasteiger partial charge is 0.259 e. The molecule has 192 valence electrons. The van der Waals surface area contributed by atoms with Gasteiger partial charge in [-0.25, -0.2) is 14.1 Å². The van der Waals surface area contributed by atoms with E-state index in [1.54, 1.807) is 19.2 Å². The molecule has 3 aromatic heterocycles. The van der Waals surface area contributed by atoms with E-state index in [1.807, 2.05) is 6.07 Å². The van der Waals surface area contributed by atoms with Gasteiger partial charge in [0.25, 0.3) is 5.91 Å². The topological polar surface area (TPSA) is 109 Å². The summed E-state index contributed by atoms with van der Waals surface area (Å²) in [5.41, 5.74) is 1.29. The van der Waals surface area contributed by atoms with Gasteiger partial charge >= 0.3 is 0 Å². The second-order valence-corrected chi connectivity index (χ2v) is 9.91. The van der Waals surface area contributed by atoms with Crippen LogP contribution in [-0.4, -0.2) is 62.9 Å². The van der Waals surface area contributed by atoms with E-state index in [9.17, 15) is 14.4 Å². The summed E-state index contributed by atoms with van der Waals surface area (Å²) < 4.78 is 21.0. The minimum Gasteiger partial charge on any atom is -0.379 e. The summed E-state index contributed by atoms with van der Waals surface area (Å²) in [6, 6.07) is 7.72. The molecule has 2 fully saturated rings. The molecule has 1 saturated carbocycles. The third-order valence-electron chi connectivity index (χ3n) is 7.34. The van der Waals surface area contributed by atoms with Gasteiger partial charge in [0.2, 0.25) is 0 Å². The number of aromatic nitrogens is 4. The molecule has 5 rings (SSSR count). The summed E-state index contributed by atoms with van der Waals surface area (Å²) in [5.74, 6) is -1.10. The van der Waals surface area contributed by atoms with Crippen molar-refractivity contribution >= 4 is 23.2 Å². The molecule has 3 aromatic rings. The summed E-state index contributed by atoms with van der Waals surface area (Å²) >= 11 is 5.78. The van der Waals surface area contributed by atoms with Crippen LogP contribution in [0.4, 0.5) is 10.1 Å². The second kappa shape index (κ2) is 10.5. The van der Waals surface area contributed by atoms with E-state index in [4.69, 9.17) is 16.3 Å². The lowest BCUT2D eigenvalue weighted by atomic mass is 9.71. The number of ether oxygens (including phenoxy) is 1. The predicted molar refractivity (Wildman–Crippen MR) is 135 cm³/mol. The van der Waals surface area contributed by atoms with E-state index in [0.717, 1.165) is 63.7 Å². The number of amides is 1. The van der Waals surface area contributed by atoms with Crippen molar-refractivity contribution in [3.05, 3.63) is 64.6 Å². The van der Waals surface area contributed by atoms with Gasteiger partial charge in [-0.2, -0.15) is 10.4 Å². The highest BCUT2D eigenvalue weighted by molar-refractivity contribution is 6.30. The highest BCUT2D eigenvalue weighted by Gasteiger charge is 2.40. The Morgan fingerprint density at radius 2 is 1.97 bits per heavy atom. The summed E-state index contributed by atoms with van der Waals surface area (Å²) in [4.78, 5) is 23.9. The molecule has 2 aliphatic rings. The van der Waals surface area contributed by atoms with Crippen molar-refractivity contribution in [2.75, 3.05) is 31.6 Å². The fraction of sp³-hybridized carbons (Fsp3) is 0.423. The van der Waals surface area contributed by atoms with Crippen molar-refractivity contribution in [2.45, 2.75) is 44.1 Å². The molecule has 4 heterocycles. The Bertz CT molecular complexity index is 1320. The minimum atomic E-state index is -0.643. The Kier molecular flexibility index (Phi) is 7.20. The van der Waals surface area contributed by atoms with Gasteiger partial charge in [0.15, 0.2) is 11.6 Å². The van der Waals surface area contributed by atoms with Crippen LogP contribution in [-0.2, 0) is 10.2 Å². The second-order valence-electron chi connectivity index (χ2n) is 9.47. The van der Waals surface area contributed by atoms with Crippen LogP contribution in [0.15, 0.2) is 36.8 Å². The number of morpholine rings is 1. The Balaban J connectivity index is 1.26. The van der Waals surface area contributed by atoms with Crippen molar-refractivity contribution in [3.63, 3.8) is 0 Å². The third-order valence-corrected chi connectivity index (χ3v) is 7.55. The zero-order valence-electron chi connectivity index (χ0n) is 20.5. The van der Waals surface area contributed by atoms with Crippen molar-refractivity contribution in [1.29, 1.82) is 5.26 Å². The standard InChI is InChI=1S/C26H27ClFN7O2/c1-17-21(15-32-35(17)24-22(28)12-18(27)13-31-24)25(36)33-19-2-3-23(30-14-19)26(16-29)6-4-20(5-7-26)34-8-10-37-11-9-34/h2-3,12-15,20H,4-11H2,1H3,(H,33,36). The molecule has 0 unspecified atom stereocenters. The number of nitrogens with zero attached hydrogens (tertiary/aromatic N) is 6. The fourth-order valence-electron chi connectivity index (χ4n) is 5.19. The monoisotopic (exact) mass is 523 g/mol. The van der Waals surface area contributed by atoms with Crippen molar-refractivity contribution in [2.24, 2.45) is 0 Å². The summed E-state index contributed by atoms with van der Waals surface area (Å²) in [7, 11) is 0. The first-order valence-electron chi connectivity index (χ1n) is 12.3. The maximum absolute atomic E-state index is 14.3. The third kappa shape index (κ3) is 5.07. The van der Waals surface area contributed by atoms with Crippen molar-refractivity contribution < 1.29 is 13.9 Å². The zero-order chi connectivity index (χ0) is 26.0. The van der Waals surface area contributed by atoms with Crippen LogP contribution in [0.3, 0.4) is 0 Å². The first-order valence-corrected chi connectivity index (χ1v) is 12.6. The zero-order valence-corrected chi connectivity index (χ0v) is 21.2. The van der Waals surface area contributed by atoms with Crippen molar-refractivity contribution in [3.8, 4) is 11.9 Å². The van der Waals surface area contributed by atoms with Gasteiger partial charge in [0, 0.05) is 25.3 Å². The minimum absolute atomic E-state index is 0.0443. The van der Waals surface area contributed by atoms with Gasteiger partial charge in [-0.15, -0.1) is 0 Å². The van der Waals surface area contributed by atoms with Crippen LogP contribution < -0.4 is 5.32 Å². The summed E-state index contributed by atoms with van der Waals surface area (Å²) in [6.45, 7) is 5.08. The van der Waals surface area contributed by atoms with Gasteiger partial charge in [-0.3, -0.25) is 14.7 Å². The summed E-state index contributed by atoms with van der Waals surface area (Å²) in [6.07, 6.45) is 7.63. The highest BCUT2D eigenvalue weighted by atomic mass is 35.5. The van der Waals surface area contributed by atoms with Crippen LogP contribution in [0.5, 0.6) is 0 Å². The van der Waals surface area contributed by atoms with Gasteiger partial charge in [-0.05, 0) is 50.8 Å². The van der Waals surface area contributed by atoms with Gasteiger partial charge in [0.1, 0.15) is 0 Å². The molecular formula is C26H27ClFN7O2. The normalized spacial score (nSPS) is 22.4. The molecule has 1 amide bonds. The van der Waals surface area contributed by atoms with Crippen LogP contribution in [0, 0.1) is 24.1 Å². The number of carbonyl (C=O) groups excluding carboxylic acids is 1. The maximum Gasteiger partial charge on any atom is 0.259 e. The van der Waals surface area contributed by atoms with E-state index in [2.05, 4.69) is 31.4 Å². The molecule has 0 radical (unpaired) electrons. The van der Waals surface area contributed by atoms with Gasteiger partial charge < -0.3 is 10.1 Å². The molecule has 0 atom stereocenters. The number of nitrogens with one attached hydrogen (secondary N) is 1. The average molecular weight is 524 g/mol. The number of hydrogen-bond acceptors (Lipinski definition) is 7. The first-order chi connectivity index (χ1) is 17.9. The first kappa shape index (κ1) is 25.3. The number of rotatable bonds is 5. The van der Waals surface area contributed by atoms with Crippen LogP contribution in [0.1, 0.15) is 47.4 Å². The average Bonchev–Trinajstić information content (AvgIpc) is 3.30. The number of pyridine rings is 2. The van der Waals surface area contributed by atoms with E-state index >= 15 is 0 Å². The Labute approximate surface area is 219 Å². The van der Waals surface area contributed by atoms with E-state index in [0.29, 0.717) is 17.4 Å². The lowest BCUT2D eigenvalue weighted by molar-refractivity contribution is 0.00493. The van der Waals surface area contributed by atoms with Crippen molar-refractivity contribution in [1.82, 2.24) is 24.6 Å². The highest BCUT2D eigenvalue weighted by Crippen LogP contribution is 2.40. The van der Waals surface area contributed by atoms with E-state index in [-0.39, 0.29) is 16.4 Å². The predicted octanol–water partition coefficient (Wildman–Crippen LogP) is 4.05. The SMILES string of the molecule is Cc1c(C(=O)Nc2ccc(C3(C#N)CCC(N4CCOCC4)CC3)nc2)cnn1-c1ncc(Cl)cc1F.